The molecule has 3 nitrogen and oxygen atoms in total. The Morgan fingerprint density at radius 3 is 2.48 bits per heavy atom. The highest BCUT2D eigenvalue weighted by Crippen LogP contribution is 2.29. The standard InChI is InChI=1S/C17H13Cl3N2O/c18-13-3-1-2-11(6-13)9-22-17(8-14(10-23)21-22)12-4-5-15(19)16(20)7-12/h1-8,23H,9-10H2. The first-order valence-corrected chi connectivity index (χ1v) is 8.07. The number of benzene rings is 2. The molecule has 0 aliphatic rings. The van der Waals surface area contributed by atoms with Crippen LogP contribution < -0.4 is 0 Å². The van der Waals surface area contributed by atoms with E-state index in [1.54, 1.807) is 12.1 Å². The number of aliphatic hydroxyl groups is 1. The fourth-order valence-corrected chi connectivity index (χ4v) is 2.87. The van der Waals surface area contributed by atoms with Gasteiger partial charge in [-0.15, -0.1) is 0 Å². The van der Waals surface area contributed by atoms with Crippen LogP contribution in [0.3, 0.4) is 0 Å². The third-order valence-corrected chi connectivity index (χ3v) is 4.40. The van der Waals surface area contributed by atoms with E-state index in [2.05, 4.69) is 5.10 Å². The fraction of sp³-hybridized carbons (Fsp3) is 0.118. The summed E-state index contributed by atoms with van der Waals surface area (Å²) in [6.45, 7) is 0.410. The Hall–Kier alpha value is -1.52. The summed E-state index contributed by atoms with van der Waals surface area (Å²) >= 11 is 18.1. The molecular weight excluding hydrogens is 355 g/mol. The van der Waals surface area contributed by atoms with Crippen LogP contribution in [0.1, 0.15) is 11.3 Å². The van der Waals surface area contributed by atoms with Crippen LogP contribution in [0.2, 0.25) is 15.1 Å². The first-order chi connectivity index (χ1) is 11.1. The van der Waals surface area contributed by atoms with Gasteiger partial charge in [-0.3, -0.25) is 4.68 Å². The lowest BCUT2D eigenvalue weighted by Gasteiger charge is -2.09. The first kappa shape index (κ1) is 16.3. The first-order valence-electron chi connectivity index (χ1n) is 6.94. The Morgan fingerprint density at radius 1 is 0.957 bits per heavy atom. The van der Waals surface area contributed by atoms with E-state index in [-0.39, 0.29) is 6.61 Å². The van der Waals surface area contributed by atoms with Crippen molar-refractivity contribution in [3.63, 3.8) is 0 Å². The van der Waals surface area contributed by atoms with Gasteiger partial charge in [0.15, 0.2) is 0 Å². The average molecular weight is 368 g/mol. The minimum absolute atomic E-state index is 0.128. The summed E-state index contributed by atoms with van der Waals surface area (Å²) < 4.78 is 1.82. The molecule has 3 rings (SSSR count). The summed E-state index contributed by atoms with van der Waals surface area (Å²) in [7, 11) is 0. The van der Waals surface area contributed by atoms with Gasteiger partial charge in [-0.05, 0) is 35.9 Å². The summed E-state index contributed by atoms with van der Waals surface area (Å²) in [5, 5.41) is 15.5. The summed E-state index contributed by atoms with van der Waals surface area (Å²) in [6.07, 6.45) is 0. The molecule has 0 radical (unpaired) electrons. The highest BCUT2D eigenvalue weighted by Gasteiger charge is 2.12. The van der Waals surface area contributed by atoms with Crippen LogP contribution in [0.15, 0.2) is 48.5 Å². The van der Waals surface area contributed by atoms with Crippen LogP contribution in [0.5, 0.6) is 0 Å². The van der Waals surface area contributed by atoms with Crippen LogP contribution in [0.25, 0.3) is 11.3 Å². The normalized spacial score (nSPS) is 11.0. The second kappa shape index (κ2) is 6.93. The molecule has 1 N–H and O–H groups in total. The maximum atomic E-state index is 9.39. The SMILES string of the molecule is OCc1cc(-c2ccc(Cl)c(Cl)c2)n(Cc2cccc(Cl)c2)n1. The van der Waals surface area contributed by atoms with E-state index in [9.17, 15) is 5.11 Å². The molecule has 23 heavy (non-hydrogen) atoms. The summed E-state index contributed by atoms with van der Waals surface area (Å²) in [5.41, 5.74) is 3.35. The zero-order valence-corrected chi connectivity index (χ0v) is 14.3. The molecule has 0 amide bonds. The van der Waals surface area contributed by atoms with Gasteiger partial charge in [-0.25, -0.2) is 0 Å². The van der Waals surface area contributed by atoms with Gasteiger partial charge >= 0.3 is 0 Å². The maximum absolute atomic E-state index is 9.39. The van der Waals surface area contributed by atoms with Crippen molar-refractivity contribution in [3.8, 4) is 11.3 Å². The van der Waals surface area contributed by atoms with Crippen LogP contribution in [-0.4, -0.2) is 14.9 Å². The summed E-state index contributed by atoms with van der Waals surface area (Å²) in [4.78, 5) is 0. The Kier molecular flexibility index (Phi) is 4.93. The van der Waals surface area contributed by atoms with E-state index in [0.717, 1.165) is 16.8 Å². The van der Waals surface area contributed by atoms with Crippen molar-refractivity contribution in [2.24, 2.45) is 0 Å². The topological polar surface area (TPSA) is 38.0 Å². The van der Waals surface area contributed by atoms with Crippen molar-refractivity contribution in [1.29, 1.82) is 0 Å². The van der Waals surface area contributed by atoms with Crippen LogP contribution in [-0.2, 0) is 13.2 Å². The third kappa shape index (κ3) is 3.70. The van der Waals surface area contributed by atoms with Crippen LogP contribution >= 0.6 is 34.8 Å². The van der Waals surface area contributed by atoms with E-state index in [0.29, 0.717) is 27.3 Å². The van der Waals surface area contributed by atoms with Gasteiger partial charge in [0.1, 0.15) is 0 Å². The molecule has 3 aromatic rings. The molecule has 0 aliphatic heterocycles. The van der Waals surface area contributed by atoms with E-state index in [1.165, 1.54) is 0 Å². The molecule has 1 aromatic heterocycles. The molecule has 118 valence electrons. The Balaban J connectivity index is 2.02. The quantitative estimate of drug-likeness (QED) is 0.700. The van der Waals surface area contributed by atoms with E-state index in [4.69, 9.17) is 34.8 Å². The number of hydrogen-bond acceptors (Lipinski definition) is 2. The van der Waals surface area contributed by atoms with Gasteiger partial charge in [-0.1, -0.05) is 53.0 Å². The number of hydrogen-bond donors (Lipinski definition) is 1. The molecule has 0 spiro atoms. The molecule has 2 aromatic carbocycles. The number of rotatable bonds is 4. The minimum Gasteiger partial charge on any atom is -0.390 e. The van der Waals surface area contributed by atoms with Crippen LogP contribution in [0, 0.1) is 0 Å². The lowest BCUT2D eigenvalue weighted by Crippen LogP contribution is -2.04. The lowest BCUT2D eigenvalue weighted by atomic mass is 10.1. The zero-order chi connectivity index (χ0) is 16.4. The minimum atomic E-state index is -0.128. The third-order valence-electron chi connectivity index (χ3n) is 3.43. The van der Waals surface area contributed by atoms with Crippen molar-refractivity contribution in [1.82, 2.24) is 9.78 Å². The van der Waals surface area contributed by atoms with Crippen molar-refractivity contribution in [2.45, 2.75) is 13.2 Å². The molecule has 0 bridgehead atoms. The van der Waals surface area contributed by atoms with Gasteiger partial charge in [0.25, 0.3) is 0 Å². The molecule has 0 atom stereocenters. The second-order valence-corrected chi connectivity index (χ2v) is 6.35. The predicted molar refractivity (Wildman–Crippen MR) is 94.2 cm³/mol. The maximum Gasteiger partial charge on any atom is 0.0885 e. The Morgan fingerprint density at radius 2 is 1.78 bits per heavy atom. The summed E-state index contributed by atoms with van der Waals surface area (Å²) in [5.74, 6) is 0. The monoisotopic (exact) mass is 366 g/mol. The Bertz CT molecular complexity index is 846. The molecule has 6 heteroatoms. The van der Waals surface area contributed by atoms with Gasteiger partial charge < -0.3 is 5.11 Å². The second-order valence-electron chi connectivity index (χ2n) is 5.10. The number of nitrogens with zero attached hydrogens (tertiary/aromatic N) is 2. The zero-order valence-electron chi connectivity index (χ0n) is 12.0. The summed E-state index contributed by atoms with van der Waals surface area (Å²) in [6, 6.07) is 14.8. The molecule has 0 fully saturated rings. The number of halogens is 3. The van der Waals surface area contributed by atoms with E-state index >= 15 is 0 Å². The highest BCUT2D eigenvalue weighted by molar-refractivity contribution is 6.42. The predicted octanol–water partition coefficient (Wildman–Crippen LogP) is 5.05. The largest absolute Gasteiger partial charge is 0.390 e. The van der Waals surface area contributed by atoms with Gasteiger partial charge in [0.05, 0.1) is 34.6 Å². The molecule has 0 saturated carbocycles. The van der Waals surface area contributed by atoms with Crippen LogP contribution in [0.4, 0.5) is 0 Å². The van der Waals surface area contributed by atoms with E-state index in [1.807, 2.05) is 41.1 Å². The van der Waals surface area contributed by atoms with E-state index < -0.39 is 0 Å². The molecular formula is C17H13Cl3N2O. The number of aliphatic hydroxyl groups excluding tert-OH is 1. The molecule has 1 heterocycles. The van der Waals surface area contributed by atoms with Gasteiger partial charge in [0, 0.05) is 10.6 Å². The smallest absolute Gasteiger partial charge is 0.0885 e. The molecule has 0 aliphatic carbocycles. The van der Waals surface area contributed by atoms with Crippen molar-refractivity contribution < 1.29 is 5.11 Å². The van der Waals surface area contributed by atoms with Crippen molar-refractivity contribution >= 4 is 34.8 Å². The van der Waals surface area contributed by atoms with Crippen molar-refractivity contribution in [2.75, 3.05) is 0 Å². The molecule has 0 saturated heterocycles. The average Bonchev–Trinajstić information content (AvgIpc) is 2.93. The highest BCUT2D eigenvalue weighted by atomic mass is 35.5. The number of aromatic nitrogens is 2. The molecule has 0 unspecified atom stereocenters. The van der Waals surface area contributed by atoms with Gasteiger partial charge in [-0.2, -0.15) is 5.10 Å². The van der Waals surface area contributed by atoms with Crippen molar-refractivity contribution in [3.05, 3.63) is 74.9 Å². The van der Waals surface area contributed by atoms with Gasteiger partial charge in [0.2, 0.25) is 0 Å². The lowest BCUT2D eigenvalue weighted by molar-refractivity contribution is 0.275. The Labute approximate surface area is 149 Å². The fourth-order valence-electron chi connectivity index (χ4n) is 2.36.